The summed E-state index contributed by atoms with van der Waals surface area (Å²) in [4.78, 5) is 0. The molecule has 7 aliphatic rings. The van der Waals surface area contributed by atoms with Crippen LogP contribution < -0.4 is 0 Å². The van der Waals surface area contributed by atoms with Gasteiger partial charge >= 0.3 is 0 Å². The Morgan fingerprint density at radius 2 is 1.79 bits per heavy atom. The lowest BCUT2D eigenvalue weighted by molar-refractivity contribution is -0.468. The Kier molecular flexibility index (Phi) is 3.38. The third-order valence-electron chi connectivity index (χ3n) is 9.83. The van der Waals surface area contributed by atoms with Gasteiger partial charge in [0, 0.05) is 17.3 Å². The fourth-order valence-corrected chi connectivity index (χ4v) is 9.09. The summed E-state index contributed by atoms with van der Waals surface area (Å²) in [5, 5.41) is 35.2. The molecule has 0 aromatic heterocycles. The maximum Gasteiger partial charge on any atom is 0.201 e. The molecular formula is C23H34O6. The first kappa shape index (κ1) is 19.2. The predicted molar refractivity (Wildman–Crippen MR) is 103 cm³/mol. The Morgan fingerprint density at radius 1 is 1.07 bits per heavy atom. The van der Waals surface area contributed by atoms with E-state index in [4.69, 9.17) is 14.2 Å². The zero-order chi connectivity index (χ0) is 20.8. The van der Waals surface area contributed by atoms with Gasteiger partial charge in [-0.05, 0) is 56.4 Å². The van der Waals surface area contributed by atoms with E-state index < -0.39 is 34.6 Å². The summed E-state index contributed by atoms with van der Waals surface area (Å²) in [5.74, 6) is -2.88. The van der Waals surface area contributed by atoms with Crippen LogP contribution in [0.3, 0.4) is 0 Å². The van der Waals surface area contributed by atoms with E-state index in [1.54, 1.807) is 0 Å². The SMILES string of the molecule is C=C1[C@H]2C[C@@H]3OC(C)(C)O[C@H]4CCC(C)(C)C5[C@H](O)[C@]6(O)OC[C@]54C3[C@@]6(C2)[C@@H]1O. The van der Waals surface area contributed by atoms with E-state index in [0.29, 0.717) is 13.0 Å². The van der Waals surface area contributed by atoms with E-state index in [-0.39, 0.29) is 35.4 Å². The molecule has 4 saturated carbocycles. The quantitative estimate of drug-likeness (QED) is 0.533. The molecule has 0 amide bonds. The maximum atomic E-state index is 12.0. The minimum absolute atomic E-state index is 0.0456. The maximum absolute atomic E-state index is 12.0. The summed E-state index contributed by atoms with van der Waals surface area (Å²) in [6.45, 7) is 12.8. The van der Waals surface area contributed by atoms with Crippen LogP contribution in [0.15, 0.2) is 12.2 Å². The van der Waals surface area contributed by atoms with Gasteiger partial charge in [-0.2, -0.15) is 0 Å². The number of fused-ring (bicyclic) bond motifs is 2. The van der Waals surface area contributed by atoms with Crippen molar-refractivity contribution in [2.45, 2.75) is 89.4 Å². The first-order valence-corrected chi connectivity index (χ1v) is 11.2. The smallest absolute Gasteiger partial charge is 0.201 e. The molecule has 7 rings (SSSR count). The molecule has 0 aromatic rings. The first-order chi connectivity index (χ1) is 13.4. The van der Waals surface area contributed by atoms with E-state index in [1.165, 1.54) is 0 Å². The standard InChI is InChI=1S/C23H34O6/c1-11-12-8-13-15-21-10-27-23(26,22(15,9-12)17(11)24)18(25)16(21)19(2,3)7-6-14(21)29-20(4,5)28-13/h12-18,24-26H,1,6-10H2,2-5H3/t12-,13-,14-,15?,16?,17+,18-,21-,22-,23-/m0/s1. The van der Waals surface area contributed by atoms with Crippen molar-refractivity contribution in [3.05, 3.63) is 12.2 Å². The molecule has 3 N–H and O–H groups in total. The second kappa shape index (κ2) is 5.11. The Bertz CT molecular complexity index is 792. The van der Waals surface area contributed by atoms with Crippen LogP contribution in [0.2, 0.25) is 0 Å². The van der Waals surface area contributed by atoms with Crippen LogP contribution in [0.25, 0.3) is 0 Å². The van der Waals surface area contributed by atoms with Crippen LogP contribution in [-0.2, 0) is 14.2 Å². The fourth-order valence-electron chi connectivity index (χ4n) is 9.09. The average molecular weight is 407 g/mol. The molecule has 3 saturated heterocycles. The topological polar surface area (TPSA) is 88.4 Å². The Hall–Kier alpha value is -0.500. The van der Waals surface area contributed by atoms with Crippen LogP contribution >= 0.6 is 0 Å². The van der Waals surface area contributed by atoms with Crippen molar-refractivity contribution >= 4 is 0 Å². The second-order valence-electron chi connectivity index (χ2n) is 11.8. The van der Waals surface area contributed by atoms with Crippen LogP contribution in [0.1, 0.15) is 53.4 Å². The number of hydrogen-bond donors (Lipinski definition) is 3. The van der Waals surface area contributed by atoms with Crippen LogP contribution in [0.4, 0.5) is 0 Å². The highest BCUT2D eigenvalue weighted by Gasteiger charge is 2.86. The van der Waals surface area contributed by atoms with Crippen molar-refractivity contribution < 1.29 is 29.5 Å². The largest absolute Gasteiger partial charge is 0.388 e. The predicted octanol–water partition coefficient (Wildman–Crippen LogP) is 1.97. The number of aliphatic hydroxyl groups excluding tert-OH is 2. The molecule has 4 bridgehead atoms. The normalized spacial score (nSPS) is 61.2. The Morgan fingerprint density at radius 3 is 2.52 bits per heavy atom. The summed E-state index contributed by atoms with van der Waals surface area (Å²) in [6.07, 6.45) is 0.753. The molecule has 3 aliphatic heterocycles. The molecule has 7 fully saturated rings. The van der Waals surface area contributed by atoms with Crippen molar-refractivity contribution in [2.24, 2.45) is 34.0 Å². The van der Waals surface area contributed by atoms with Crippen LogP contribution in [-0.4, -0.2) is 57.9 Å². The highest BCUT2D eigenvalue weighted by molar-refractivity contribution is 5.36. The summed E-state index contributed by atoms with van der Waals surface area (Å²) >= 11 is 0. The van der Waals surface area contributed by atoms with Gasteiger partial charge in [-0.25, -0.2) is 0 Å². The summed E-state index contributed by atoms with van der Waals surface area (Å²) in [6, 6.07) is 0. The highest BCUT2D eigenvalue weighted by Crippen LogP contribution is 2.78. The van der Waals surface area contributed by atoms with Crippen molar-refractivity contribution in [2.75, 3.05) is 6.61 Å². The molecule has 29 heavy (non-hydrogen) atoms. The lowest BCUT2D eigenvalue weighted by atomic mass is 9.35. The molecule has 6 nitrogen and oxygen atoms in total. The van der Waals surface area contributed by atoms with E-state index in [9.17, 15) is 15.3 Å². The molecule has 162 valence electrons. The fraction of sp³-hybridized carbons (Fsp3) is 0.913. The van der Waals surface area contributed by atoms with Gasteiger partial charge in [-0.15, -0.1) is 0 Å². The number of hydrogen-bond acceptors (Lipinski definition) is 6. The van der Waals surface area contributed by atoms with Crippen molar-refractivity contribution in [1.29, 1.82) is 0 Å². The van der Waals surface area contributed by atoms with Gasteiger partial charge in [0.1, 0.15) is 6.10 Å². The molecule has 10 atom stereocenters. The third-order valence-corrected chi connectivity index (χ3v) is 9.83. The number of ether oxygens (including phenoxy) is 3. The first-order valence-electron chi connectivity index (χ1n) is 11.2. The van der Waals surface area contributed by atoms with Crippen LogP contribution in [0, 0.1) is 34.0 Å². The van der Waals surface area contributed by atoms with Gasteiger partial charge in [0.2, 0.25) is 5.79 Å². The van der Waals surface area contributed by atoms with E-state index >= 15 is 0 Å². The molecule has 0 aromatic carbocycles. The summed E-state index contributed by atoms with van der Waals surface area (Å²) in [7, 11) is 0. The number of rotatable bonds is 0. The summed E-state index contributed by atoms with van der Waals surface area (Å²) < 4.78 is 19.4. The monoisotopic (exact) mass is 406 g/mol. The zero-order valence-electron chi connectivity index (χ0n) is 17.9. The third kappa shape index (κ3) is 1.84. The minimum Gasteiger partial charge on any atom is -0.388 e. The molecule has 0 radical (unpaired) electrons. The number of aliphatic hydroxyl groups is 3. The van der Waals surface area contributed by atoms with Crippen molar-refractivity contribution in [1.82, 2.24) is 0 Å². The van der Waals surface area contributed by atoms with E-state index in [0.717, 1.165) is 24.8 Å². The van der Waals surface area contributed by atoms with Gasteiger partial charge in [-0.1, -0.05) is 20.4 Å². The lowest BCUT2D eigenvalue weighted by Gasteiger charge is -2.75. The van der Waals surface area contributed by atoms with Gasteiger partial charge < -0.3 is 29.5 Å². The van der Waals surface area contributed by atoms with Crippen LogP contribution in [0.5, 0.6) is 0 Å². The van der Waals surface area contributed by atoms with Crippen molar-refractivity contribution in [3.8, 4) is 0 Å². The van der Waals surface area contributed by atoms with Gasteiger partial charge in [0.05, 0.1) is 30.3 Å². The molecule has 6 heteroatoms. The van der Waals surface area contributed by atoms with Gasteiger partial charge in [-0.3, -0.25) is 0 Å². The van der Waals surface area contributed by atoms with Crippen molar-refractivity contribution in [3.63, 3.8) is 0 Å². The second-order valence-corrected chi connectivity index (χ2v) is 11.8. The molecule has 2 unspecified atom stereocenters. The molecule has 4 aliphatic carbocycles. The Labute approximate surface area is 172 Å². The van der Waals surface area contributed by atoms with Gasteiger partial charge in [0.15, 0.2) is 5.79 Å². The van der Waals surface area contributed by atoms with E-state index in [2.05, 4.69) is 20.4 Å². The highest BCUT2D eigenvalue weighted by atomic mass is 16.7. The average Bonchev–Trinajstić information content (AvgIpc) is 2.75. The Balaban J connectivity index is 1.67. The molecular weight excluding hydrogens is 372 g/mol. The molecule has 2 spiro atoms. The minimum atomic E-state index is -1.81. The van der Waals surface area contributed by atoms with Gasteiger partial charge in [0.25, 0.3) is 0 Å². The zero-order valence-corrected chi connectivity index (χ0v) is 17.9. The molecule has 3 heterocycles. The summed E-state index contributed by atoms with van der Waals surface area (Å²) in [5.41, 5.74) is -0.964. The lowest BCUT2D eigenvalue weighted by Crippen LogP contribution is -2.85. The van der Waals surface area contributed by atoms with E-state index in [1.807, 2.05) is 13.8 Å².